The Bertz CT molecular complexity index is 350. The van der Waals surface area contributed by atoms with Crippen LogP contribution in [0.2, 0.25) is 0 Å². The van der Waals surface area contributed by atoms with Gasteiger partial charge in [0.2, 0.25) is 0 Å². The van der Waals surface area contributed by atoms with Crippen molar-refractivity contribution in [3.8, 4) is 0 Å². The van der Waals surface area contributed by atoms with E-state index in [2.05, 4.69) is 23.3 Å². The Kier molecular flexibility index (Phi) is 2.47. The summed E-state index contributed by atoms with van der Waals surface area (Å²) in [6, 6.07) is 2.72. The summed E-state index contributed by atoms with van der Waals surface area (Å²) in [5.41, 5.74) is 2.50. The van der Waals surface area contributed by atoms with E-state index in [-0.39, 0.29) is 0 Å². The van der Waals surface area contributed by atoms with Gasteiger partial charge in [0.15, 0.2) is 0 Å². The van der Waals surface area contributed by atoms with E-state index in [1.807, 2.05) is 6.20 Å². The van der Waals surface area contributed by atoms with Crippen molar-refractivity contribution in [3.05, 3.63) is 28.0 Å². The highest BCUT2D eigenvalue weighted by atomic mass is 32.1. The number of aromatic nitrogens is 1. The van der Waals surface area contributed by atoms with Crippen molar-refractivity contribution in [2.75, 3.05) is 6.54 Å². The molecule has 1 aromatic rings. The van der Waals surface area contributed by atoms with E-state index in [0.29, 0.717) is 6.04 Å². The van der Waals surface area contributed by atoms with Crippen LogP contribution in [0.25, 0.3) is 0 Å². The van der Waals surface area contributed by atoms with Crippen molar-refractivity contribution < 1.29 is 0 Å². The first kappa shape index (κ1) is 8.91. The number of hydrogen-bond acceptors (Lipinski definition) is 2. The highest BCUT2D eigenvalue weighted by molar-refractivity contribution is 7.71. The fraction of sp³-hybridized carbons (Fsp3) is 0.500. The fourth-order valence-electron chi connectivity index (χ4n) is 1.79. The molecule has 1 aromatic heterocycles. The Hall–Kier alpha value is -0.670. The molecule has 2 heterocycles. The van der Waals surface area contributed by atoms with E-state index in [1.165, 1.54) is 24.0 Å². The lowest BCUT2D eigenvalue weighted by atomic mass is 10.1. The molecular weight excluding hydrogens is 180 g/mol. The number of aryl methyl sites for hydroxylation is 1. The summed E-state index contributed by atoms with van der Waals surface area (Å²) in [5.74, 6) is 0. The van der Waals surface area contributed by atoms with Crippen molar-refractivity contribution in [2.24, 2.45) is 0 Å². The Morgan fingerprint density at radius 3 is 3.00 bits per heavy atom. The van der Waals surface area contributed by atoms with Crippen LogP contribution in [0, 0.1) is 11.6 Å². The molecule has 3 heteroatoms. The molecule has 0 unspecified atom stereocenters. The molecule has 0 saturated carbocycles. The number of hydrogen-bond donors (Lipinski definition) is 2. The van der Waals surface area contributed by atoms with E-state index in [0.717, 1.165) is 11.2 Å². The molecule has 0 spiro atoms. The molecule has 0 aliphatic carbocycles. The van der Waals surface area contributed by atoms with Gasteiger partial charge >= 0.3 is 0 Å². The molecule has 2 rings (SSSR count). The van der Waals surface area contributed by atoms with Gasteiger partial charge in [-0.1, -0.05) is 18.3 Å². The molecule has 0 amide bonds. The molecule has 0 radical (unpaired) electrons. The maximum Gasteiger partial charge on any atom is 0.106 e. The molecule has 13 heavy (non-hydrogen) atoms. The van der Waals surface area contributed by atoms with Crippen molar-refractivity contribution in [3.63, 3.8) is 0 Å². The van der Waals surface area contributed by atoms with Crippen LogP contribution in [-0.4, -0.2) is 11.5 Å². The largest absolute Gasteiger partial charge is 0.352 e. The SMILES string of the molecule is Cc1cc([C@@H]2CCCN2)c[nH]c1=S. The minimum atomic E-state index is 0.533. The summed E-state index contributed by atoms with van der Waals surface area (Å²) in [7, 11) is 0. The summed E-state index contributed by atoms with van der Waals surface area (Å²) in [6.07, 6.45) is 4.54. The van der Waals surface area contributed by atoms with Gasteiger partial charge in [0.1, 0.15) is 4.64 Å². The lowest BCUT2D eigenvalue weighted by Crippen LogP contribution is -2.13. The molecule has 0 aromatic carbocycles. The van der Waals surface area contributed by atoms with Crippen LogP contribution in [0.1, 0.15) is 30.0 Å². The zero-order chi connectivity index (χ0) is 9.26. The first-order valence-corrected chi connectivity index (χ1v) is 5.11. The highest BCUT2D eigenvalue weighted by Crippen LogP contribution is 2.22. The second-order valence-corrected chi connectivity index (χ2v) is 4.00. The molecule has 2 nitrogen and oxygen atoms in total. The number of rotatable bonds is 1. The summed E-state index contributed by atoms with van der Waals surface area (Å²) in [5, 5.41) is 3.47. The fourth-order valence-corrected chi connectivity index (χ4v) is 1.91. The molecule has 1 atom stereocenters. The van der Waals surface area contributed by atoms with Crippen molar-refractivity contribution in [1.82, 2.24) is 10.3 Å². The van der Waals surface area contributed by atoms with E-state index in [9.17, 15) is 0 Å². The zero-order valence-corrected chi connectivity index (χ0v) is 8.58. The van der Waals surface area contributed by atoms with Crippen LogP contribution in [0.3, 0.4) is 0 Å². The molecule has 1 aliphatic rings. The van der Waals surface area contributed by atoms with Crippen molar-refractivity contribution in [1.29, 1.82) is 0 Å². The zero-order valence-electron chi connectivity index (χ0n) is 7.76. The average Bonchev–Trinajstić information content (AvgIpc) is 2.62. The maximum atomic E-state index is 5.11. The molecule has 0 bridgehead atoms. The van der Waals surface area contributed by atoms with Crippen LogP contribution in [0.4, 0.5) is 0 Å². The Labute approximate surface area is 83.4 Å². The summed E-state index contributed by atoms with van der Waals surface area (Å²) in [6.45, 7) is 3.19. The second kappa shape index (κ2) is 3.60. The van der Waals surface area contributed by atoms with Crippen molar-refractivity contribution >= 4 is 12.2 Å². The smallest absolute Gasteiger partial charge is 0.106 e. The Balaban J connectivity index is 2.30. The third-order valence-corrected chi connectivity index (χ3v) is 3.01. The Morgan fingerprint density at radius 1 is 1.54 bits per heavy atom. The number of nitrogens with one attached hydrogen (secondary N) is 2. The standard InChI is InChI=1S/C10H14N2S/c1-7-5-8(6-12-10(7)13)9-3-2-4-11-9/h5-6,9,11H,2-4H2,1H3,(H,12,13)/t9-/m0/s1. The second-order valence-electron chi connectivity index (χ2n) is 3.59. The lowest BCUT2D eigenvalue weighted by Gasteiger charge is -2.10. The number of aromatic amines is 1. The van der Waals surface area contributed by atoms with Gasteiger partial charge in [0, 0.05) is 12.2 Å². The van der Waals surface area contributed by atoms with Gasteiger partial charge < -0.3 is 10.3 Å². The molecule has 2 N–H and O–H groups in total. The average molecular weight is 194 g/mol. The predicted octanol–water partition coefficient (Wildman–Crippen LogP) is 2.48. The van der Waals surface area contributed by atoms with Crippen molar-refractivity contribution in [2.45, 2.75) is 25.8 Å². The van der Waals surface area contributed by atoms with Gasteiger partial charge in [0.05, 0.1) is 0 Å². The van der Waals surface area contributed by atoms with Crippen LogP contribution in [-0.2, 0) is 0 Å². The quantitative estimate of drug-likeness (QED) is 0.672. The predicted molar refractivity (Wildman–Crippen MR) is 56.3 cm³/mol. The lowest BCUT2D eigenvalue weighted by molar-refractivity contribution is 0.644. The van der Waals surface area contributed by atoms with Gasteiger partial charge in [-0.3, -0.25) is 0 Å². The van der Waals surface area contributed by atoms with E-state index in [1.54, 1.807) is 0 Å². The third-order valence-electron chi connectivity index (χ3n) is 2.57. The number of pyridine rings is 1. The van der Waals surface area contributed by atoms with Crippen LogP contribution < -0.4 is 5.32 Å². The monoisotopic (exact) mass is 194 g/mol. The third kappa shape index (κ3) is 1.81. The first-order chi connectivity index (χ1) is 6.27. The van der Waals surface area contributed by atoms with Gasteiger partial charge in [-0.15, -0.1) is 0 Å². The highest BCUT2D eigenvalue weighted by Gasteiger charge is 2.15. The molecule has 1 aliphatic heterocycles. The van der Waals surface area contributed by atoms with Gasteiger partial charge in [-0.05, 0) is 37.4 Å². The van der Waals surface area contributed by atoms with Gasteiger partial charge in [0.25, 0.3) is 0 Å². The Morgan fingerprint density at radius 2 is 2.38 bits per heavy atom. The molecule has 1 fully saturated rings. The van der Waals surface area contributed by atoms with E-state index < -0.39 is 0 Å². The normalized spacial score (nSPS) is 22.1. The van der Waals surface area contributed by atoms with Crippen LogP contribution in [0.5, 0.6) is 0 Å². The minimum absolute atomic E-state index is 0.533. The van der Waals surface area contributed by atoms with Gasteiger partial charge in [-0.25, -0.2) is 0 Å². The van der Waals surface area contributed by atoms with E-state index in [4.69, 9.17) is 12.2 Å². The summed E-state index contributed by atoms with van der Waals surface area (Å²) in [4.78, 5) is 3.12. The van der Waals surface area contributed by atoms with Crippen LogP contribution >= 0.6 is 12.2 Å². The summed E-state index contributed by atoms with van der Waals surface area (Å²) < 4.78 is 0.849. The van der Waals surface area contributed by atoms with E-state index >= 15 is 0 Å². The topological polar surface area (TPSA) is 27.8 Å². The summed E-state index contributed by atoms with van der Waals surface area (Å²) >= 11 is 5.11. The van der Waals surface area contributed by atoms with Gasteiger partial charge in [-0.2, -0.15) is 0 Å². The molecular formula is C10H14N2S. The first-order valence-electron chi connectivity index (χ1n) is 4.70. The maximum absolute atomic E-state index is 5.11. The molecule has 1 saturated heterocycles. The number of H-pyrrole nitrogens is 1. The minimum Gasteiger partial charge on any atom is -0.352 e. The van der Waals surface area contributed by atoms with Crippen LogP contribution in [0.15, 0.2) is 12.3 Å². The molecule has 70 valence electrons.